The van der Waals surface area contributed by atoms with E-state index in [2.05, 4.69) is 53.3 Å². The standard InChI is InChI=1S/C18H23BrN2/c1-3-10-20-17-11-16(13-6-4-5-7-13)21-18-12(2)15(19)9-8-14(17)18/h8-9,11,13H,3-7,10H2,1-2H3,(H,20,21). The van der Waals surface area contributed by atoms with Gasteiger partial charge in [0.05, 0.1) is 5.52 Å². The smallest absolute Gasteiger partial charge is 0.0766 e. The van der Waals surface area contributed by atoms with E-state index in [1.807, 2.05) is 0 Å². The fourth-order valence-corrected chi connectivity index (χ4v) is 3.58. The quantitative estimate of drug-likeness (QED) is 0.758. The van der Waals surface area contributed by atoms with E-state index in [4.69, 9.17) is 4.98 Å². The zero-order valence-corrected chi connectivity index (χ0v) is 14.5. The molecule has 0 saturated heterocycles. The maximum atomic E-state index is 5.02. The molecule has 0 radical (unpaired) electrons. The van der Waals surface area contributed by atoms with Crippen LogP contribution in [0.15, 0.2) is 22.7 Å². The Labute approximate surface area is 135 Å². The predicted octanol–water partition coefficient (Wildman–Crippen LogP) is 5.79. The summed E-state index contributed by atoms with van der Waals surface area (Å²) in [5.41, 5.74) is 4.92. The maximum absolute atomic E-state index is 5.02. The van der Waals surface area contributed by atoms with Crippen molar-refractivity contribution in [3.05, 3.63) is 33.9 Å². The van der Waals surface area contributed by atoms with E-state index in [1.165, 1.54) is 48.0 Å². The monoisotopic (exact) mass is 346 g/mol. The number of hydrogen-bond acceptors (Lipinski definition) is 2. The summed E-state index contributed by atoms with van der Waals surface area (Å²) in [7, 11) is 0. The van der Waals surface area contributed by atoms with Crippen molar-refractivity contribution in [3.8, 4) is 0 Å². The lowest BCUT2D eigenvalue weighted by Crippen LogP contribution is -2.05. The highest BCUT2D eigenvalue weighted by Crippen LogP contribution is 2.37. The van der Waals surface area contributed by atoms with Crippen LogP contribution >= 0.6 is 15.9 Å². The number of halogens is 1. The van der Waals surface area contributed by atoms with Crippen molar-refractivity contribution in [2.75, 3.05) is 11.9 Å². The van der Waals surface area contributed by atoms with Crippen LogP contribution in [0.3, 0.4) is 0 Å². The Morgan fingerprint density at radius 3 is 2.76 bits per heavy atom. The van der Waals surface area contributed by atoms with Crippen LogP contribution < -0.4 is 5.32 Å². The van der Waals surface area contributed by atoms with Gasteiger partial charge in [-0.3, -0.25) is 4.98 Å². The molecule has 3 heteroatoms. The van der Waals surface area contributed by atoms with Gasteiger partial charge in [-0.25, -0.2) is 0 Å². The van der Waals surface area contributed by atoms with Crippen molar-refractivity contribution in [2.24, 2.45) is 0 Å². The predicted molar refractivity (Wildman–Crippen MR) is 94.2 cm³/mol. The lowest BCUT2D eigenvalue weighted by Gasteiger charge is -2.16. The molecule has 3 rings (SSSR count). The summed E-state index contributed by atoms with van der Waals surface area (Å²) in [5.74, 6) is 0.648. The molecule has 1 fully saturated rings. The van der Waals surface area contributed by atoms with Gasteiger partial charge in [-0.2, -0.15) is 0 Å². The number of anilines is 1. The molecule has 1 aromatic carbocycles. The van der Waals surface area contributed by atoms with Crippen molar-refractivity contribution in [1.82, 2.24) is 4.98 Å². The van der Waals surface area contributed by atoms with Gasteiger partial charge in [-0.1, -0.05) is 35.7 Å². The van der Waals surface area contributed by atoms with Crippen LogP contribution in [0.5, 0.6) is 0 Å². The number of nitrogens with zero attached hydrogens (tertiary/aromatic N) is 1. The first kappa shape index (κ1) is 14.8. The molecule has 0 atom stereocenters. The SMILES string of the molecule is CCCNc1cc(C2CCCC2)nc2c(C)c(Br)ccc12. The third kappa shape index (κ3) is 2.94. The minimum atomic E-state index is 0.648. The zero-order valence-electron chi connectivity index (χ0n) is 12.9. The van der Waals surface area contributed by atoms with Crippen molar-refractivity contribution in [3.63, 3.8) is 0 Å². The summed E-state index contributed by atoms with van der Waals surface area (Å²) in [5, 5.41) is 4.83. The molecule has 0 unspecified atom stereocenters. The van der Waals surface area contributed by atoms with Crippen molar-refractivity contribution in [1.29, 1.82) is 0 Å². The highest BCUT2D eigenvalue weighted by atomic mass is 79.9. The molecule has 1 heterocycles. The average Bonchev–Trinajstić information content (AvgIpc) is 3.03. The molecule has 2 nitrogen and oxygen atoms in total. The molecule has 112 valence electrons. The number of fused-ring (bicyclic) bond motifs is 1. The van der Waals surface area contributed by atoms with E-state index >= 15 is 0 Å². The van der Waals surface area contributed by atoms with E-state index in [0.717, 1.165) is 23.0 Å². The van der Waals surface area contributed by atoms with Crippen LogP contribution in [0.25, 0.3) is 10.9 Å². The summed E-state index contributed by atoms with van der Waals surface area (Å²) in [6.07, 6.45) is 6.41. The molecule has 1 aliphatic carbocycles. The topological polar surface area (TPSA) is 24.9 Å². The molecule has 0 spiro atoms. The van der Waals surface area contributed by atoms with Gasteiger partial charge in [-0.05, 0) is 49.9 Å². The second-order valence-electron chi connectivity index (χ2n) is 6.07. The van der Waals surface area contributed by atoms with Gasteiger partial charge in [0.15, 0.2) is 0 Å². The molecule has 1 N–H and O–H groups in total. The minimum Gasteiger partial charge on any atom is -0.384 e. The van der Waals surface area contributed by atoms with Gasteiger partial charge >= 0.3 is 0 Å². The molecule has 2 aromatic rings. The Morgan fingerprint density at radius 1 is 1.29 bits per heavy atom. The lowest BCUT2D eigenvalue weighted by molar-refractivity contribution is 0.701. The number of pyridine rings is 1. The second-order valence-corrected chi connectivity index (χ2v) is 6.93. The van der Waals surface area contributed by atoms with Crippen LogP contribution in [0.1, 0.15) is 56.2 Å². The zero-order chi connectivity index (χ0) is 14.8. The van der Waals surface area contributed by atoms with E-state index in [1.54, 1.807) is 0 Å². The first-order valence-electron chi connectivity index (χ1n) is 8.04. The third-order valence-electron chi connectivity index (χ3n) is 4.53. The number of nitrogens with one attached hydrogen (secondary N) is 1. The van der Waals surface area contributed by atoms with Crippen LogP contribution in [0.4, 0.5) is 5.69 Å². The maximum Gasteiger partial charge on any atom is 0.0766 e. The van der Waals surface area contributed by atoms with Gasteiger partial charge in [0.25, 0.3) is 0 Å². The van der Waals surface area contributed by atoms with Gasteiger partial charge in [0.1, 0.15) is 0 Å². The molecule has 1 saturated carbocycles. The Balaban J connectivity index is 2.14. The van der Waals surface area contributed by atoms with Crippen LogP contribution in [0, 0.1) is 6.92 Å². The van der Waals surface area contributed by atoms with Crippen LogP contribution in [-0.2, 0) is 0 Å². The number of hydrogen-bond donors (Lipinski definition) is 1. The summed E-state index contributed by atoms with van der Waals surface area (Å²) >= 11 is 3.64. The summed E-state index contributed by atoms with van der Waals surface area (Å²) < 4.78 is 1.15. The van der Waals surface area contributed by atoms with E-state index in [0.29, 0.717) is 5.92 Å². The first-order valence-corrected chi connectivity index (χ1v) is 8.83. The molecule has 0 bridgehead atoms. The Hall–Kier alpha value is -1.09. The van der Waals surface area contributed by atoms with Gasteiger partial charge in [0, 0.05) is 33.7 Å². The van der Waals surface area contributed by atoms with Crippen LogP contribution in [0.2, 0.25) is 0 Å². The summed E-state index contributed by atoms with van der Waals surface area (Å²) in [6, 6.07) is 6.60. The minimum absolute atomic E-state index is 0.648. The molecular weight excluding hydrogens is 324 g/mol. The summed E-state index contributed by atoms with van der Waals surface area (Å²) in [4.78, 5) is 5.02. The van der Waals surface area contributed by atoms with Gasteiger partial charge in [0.2, 0.25) is 0 Å². The highest BCUT2D eigenvalue weighted by molar-refractivity contribution is 9.10. The Kier molecular flexibility index (Phi) is 4.48. The van der Waals surface area contributed by atoms with Crippen molar-refractivity contribution < 1.29 is 0 Å². The van der Waals surface area contributed by atoms with Gasteiger partial charge < -0.3 is 5.32 Å². The van der Waals surface area contributed by atoms with E-state index in [-0.39, 0.29) is 0 Å². The number of benzene rings is 1. The van der Waals surface area contributed by atoms with Crippen molar-refractivity contribution in [2.45, 2.75) is 51.9 Å². The fourth-order valence-electron chi connectivity index (χ4n) is 3.26. The Morgan fingerprint density at radius 2 is 2.05 bits per heavy atom. The average molecular weight is 347 g/mol. The molecule has 21 heavy (non-hydrogen) atoms. The molecule has 0 amide bonds. The molecule has 1 aromatic heterocycles. The molecule has 0 aliphatic heterocycles. The number of rotatable bonds is 4. The first-order chi connectivity index (χ1) is 10.2. The third-order valence-corrected chi connectivity index (χ3v) is 5.39. The van der Waals surface area contributed by atoms with Gasteiger partial charge in [-0.15, -0.1) is 0 Å². The largest absolute Gasteiger partial charge is 0.384 e. The fraction of sp³-hybridized carbons (Fsp3) is 0.500. The van der Waals surface area contributed by atoms with E-state index in [9.17, 15) is 0 Å². The molecule has 1 aliphatic rings. The summed E-state index contributed by atoms with van der Waals surface area (Å²) in [6.45, 7) is 5.37. The highest BCUT2D eigenvalue weighted by Gasteiger charge is 2.20. The molecular formula is C18H23BrN2. The lowest BCUT2D eigenvalue weighted by atomic mass is 10.00. The number of aromatic nitrogens is 1. The van der Waals surface area contributed by atoms with E-state index < -0.39 is 0 Å². The number of aryl methyl sites for hydroxylation is 1. The van der Waals surface area contributed by atoms with Crippen LogP contribution in [-0.4, -0.2) is 11.5 Å². The second kappa shape index (κ2) is 6.35. The van der Waals surface area contributed by atoms with Crippen molar-refractivity contribution >= 4 is 32.5 Å². The Bertz CT molecular complexity index is 645. The normalized spacial score (nSPS) is 15.8.